The second kappa shape index (κ2) is 3.23. The van der Waals surface area contributed by atoms with E-state index >= 15 is 0 Å². The molecule has 1 atom stereocenters. The molecule has 0 aromatic heterocycles. The summed E-state index contributed by atoms with van der Waals surface area (Å²) in [7, 11) is 0. The van der Waals surface area contributed by atoms with Gasteiger partial charge in [0.2, 0.25) is 0 Å². The molecule has 0 rings (SSSR count). The van der Waals surface area contributed by atoms with Gasteiger partial charge in [-0.3, -0.25) is 0 Å². The Morgan fingerprint density at radius 3 is 1.80 bits per heavy atom. The van der Waals surface area contributed by atoms with Crippen molar-refractivity contribution in [2.24, 2.45) is 11.3 Å². The molecule has 0 aromatic rings. The van der Waals surface area contributed by atoms with E-state index in [0.717, 1.165) is 0 Å². The van der Waals surface area contributed by atoms with Crippen LogP contribution < -0.4 is 0 Å². The largest absolute Gasteiger partial charge is 0.0998 e. The molecule has 60 valence electrons. The number of hydrogen-bond acceptors (Lipinski definition) is 0. The van der Waals surface area contributed by atoms with Crippen molar-refractivity contribution in [3.8, 4) is 0 Å². The Labute approximate surface area is 65.3 Å². The maximum Gasteiger partial charge on any atom is -0.0163 e. The second-order valence-electron chi connectivity index (χ2n) is 4.17. The Morgan fingerprint density at radius 1 is 1.40 bits per heavy atom. The normalized spacial score (nSPS) is 14.9. The van der Waals surface area contributed by atoms with Crippen molar-refractivity contribution in [1.29, 1.82) is 0 Å². The van der Waals surface area contributed by atoms with Crippen molar-refractivity contribution in [3.05, 3.63) is 12.2 Å². The summed E-state index contributed by atoms with van der Waals surface area (Å²) >= 11 is 0. The van der Waals surface area contributed by atoms with E-state index in [9.17, 15) is 0 Å². The third-order valence-corrected chi connectivity index (χ3v) is 2.05. The van der Waals surface area contributed by atoms with Crippen LogP contribution in [0.2, 0.25) is 0 Å². The van der Waals surface area contributed by atoms with Gasteiger partial charge in [0.05, 0.1) is 0 Å². The van der Waals surface area contributed by atoms with Gasteiger partial charge in [-0.1, -0.05) is 39.8 Å². The molecule has 0 radical (unpaired) electrons. The smallest absolute Gasteiger partial charge is 0.0163 e. The van der Waals surface area contributed by atoms with Gasteiger partial charge in [0, 0.05) is 0 Å². The predicted molar refractivity (Wildman–Crippen MR) is 48.1 cm³/mol. The second-order valence-corrected chi connectivity index (χ2v) is 4.17. The summed E-state index contributed by atoms with van der Waals surface area (Å²) in [5, 5.41) is 0. The SMILES string of the molecule is C=C(C)C(CC)C(C)(C)C. The van der Waals surface area contributed by atoms with Crippen LogP contribution in [-0.2, 0) is 0 Å². The first-order valence-electron chi connectivity index (χ1n) is 4.05. The van der Waals surface area contributed by atoms with E-state index in [1.54, 1.807) is 0 Å². The Bertz CT molecular complexity index is 114. The van der Waals surface area contributed by atoms with Gasteiger partial charge in [-0.25, -0.2) is 0 Å². The minimum absolute atomic E-state index is 0.389. The van der Waals surface area contributed by atoms with Gasteiger partial charge < -0.3 is 0 Å². The van der Waals surface area contributed by atoms with E-state index in [1.807, 2.05) is 0 Å². The topological polar surface area (TPSA) is 0 Å². The Hall–Kier alpha value is -0.260. The van der Waals surface area contributed by atoms with E-state index in [-0.39, 0.29) is 0 Å². The van der Waals surface area contributed by atoms with Gasteiger partial charge in [-0.2, -0.15) is 0 Å². The first-order chi connectivity index (χ1) is 4.39. The number of hydrogen-bond donors (Lipinski definition) is 0. The summed E-state index contributed by atoms with van der Waals surface area (Å²) < 4.78 is 0. The molecule has 0 heterocycles. The van der Waals surface area contributed by atoms with Crippen molar-refractivity contribution >= 4 is 0 Å². The molecule has 0 saturated heterocycles. The van der Waals surface area contributed by atoms with Crippen molar-refractivity contribution in [2.75, 3.05) is 0 Å². The molecule has 0 spiro atoms. The van der Waals surface area contributed by atoms with E-state index in [0.29, 0.717) is 11.3 Å². The lowest BCUT2D eigenvalue weighted by Gasteiger charge is -2.30. The summed E-state index contributed by atoms with van der Waals surface area (Å²) in [6.07, 6.45) is 1.21. The van der Waals surface area contributed by atoms with Crippen LogP contribution in [0.3, 0.4) is 0 Å². The fourth-order valence-corrected chi connectivity index (χ4v) is 1.70. The lowest BCUT2D eigenvalue weighted by Crippen LogP contribution is -2.20. The minimum atomic E-state index is 0.389. The molecule has 0 aliphatic rings. The summed E-state index contributed by atoms with van der Waals surface area (Å²) in [5.74, 6) is 0.674. The third kappa shape index (κ3) is 2.55. The zero-order chi connectivity index (χ0) is 8.36. The first kappa shape index (κ1) is 9.74. The molecular weight excluding hydrogens is 120 g/mol. The van der Waals surface area contributed by atoms with Crippen molar-refractivity contribution in [3.63, 3.8) is 0 Å². The van der Waals surface area contributed by atoms with Crippen molar-refractivity contribution < 1.29 is 0 Å². The summed E-state index contributed by atoms with van der Waals surface area (Å²) in [5.41, 5.74) is 1.70. The molecule has 0 aromatic carbocycles. The van der Waals surface area contributed by atoms with Crippen LogP contribution in [0.15, 0.2) is 12.2 Å². The average molecular weight is 140 g/mol. The highest BCUT2D eigenvalue weighted by molar-refractivity contribution is 5.00. The van der Waals surface area contributed by atoms with Crippen LogP contribution >= 0.6 is 0 Å². The van der Waals surface area contributed by atoms with E-state index in [2.05, 4.69) is 41.2 Å². The predicted octanol–water partition coefficient (Wildman–Crippen LogP) is 3.63. The monoisotopic (exact) mass is 140 g/mol. The maximum atomic E-state index is 3.99. The zero-order valence-corrected chi connectivity index (χ0v) is 7.99. The fourth-order valence-electron chi connectivity index (χ4n) is 1.70. The molecule has 1 unspecified atom stereocenters. The molecule has 0 aliphatic heterocycles. The highest BCUT2D eigenvalue weighted by Gasteiger charge is 2.22. The fraction of sp³-hybridized carbons (Fsp3) is 0.800. The molecule has 0 N–H and O–H groups in total. The molecule has 10 heavy (non-hydrogen) atoms. The van der Waals surface area contributed by atoms with E-state index in [4.69, 9.17) is 0 Å². The van der Waals surface area contributed by atoms with Gasteiger partial charge in [0.1, 0.15) is 0 Å². The van der Waals surface area contributed by atoms with Crippen LogP contribution in [0.4, 0.5) is 0 Å². The first-order valence-corrected chi connectivity index (χ1v) is 4.05. The van der Waals surface area contributed by atoms with Crippen LogP contribution in [0, 0.1) is 11.3 Å². The zero-order valence-electron chi connectivity index (χ0n) is 7.99. The quantitative estimate of drug-likeness (QED) is 0.514. The molecule has 0 fully saturated rings. The van der Waals surface area contributed by atoms with Crippen molar-refractivity contribution in [1.82, 2.24) is 0 Å². The summed E-state index contributed by atoms with van der Waals surface area (Å²) in [6, 6.07) is 0. The summed E-state index contributed by atoms with van der Waals surface area (Å²) in [4.78, 5) is 0. The van der Waals surface area contributed by atoms with Gasteiger partial charge >= 0.3 is 0 Å². The Balaban J connectivity index is 4.22. The summed E-state index contributed by atoms with van der Waals surface area (Å²) in [6.45, 7) is 15.2. The molecule has 0 bridgehead atoms. The Kier molecular flexibility index (Phi) is 3.14. The van der Waals surface area contributed by atoms with E-state index < -0.39 is 0 Å². The highest BCUT2D eigenvalue weighted by atomic mass is 14.3. The molecule has 0 amide bonds. The lowest BCUT2D eigenvalue weighted by molar-refractivity contribution is 0.272. The molecular formula is C10H20. The molecule has 0 heteroatoms. The average Bonchev–Trinajstić information content (AvgIpc) is 1.60. The Morgan fingerprint density at radius 2 is 1.80 bits per heavy atom. The van der Waals surface area contributed by atoms with Gasteiger partial charge in [0.25, 0.3) is 0 Å². The van der Waals surface area contributed by atoms with Crippen LogP contribution in [0.25, 0.3) is 0 Å². The van der Waals surface area contributed by atoms with Gasteiger partial charge in [-0.15, -0.1) is 0 Å². The third-order valence-electron chi connectivity index (χ3n) is 2.05. The van der Waals surface area contributed by atoms with Crippen LogP contribution in [-0.4, -0.2) is 0 Å². The highest BCUT2D eigenvalue weighted by Crippen LogP contribution is 2.33. The molecule has 0 nitrogen and oxygen atoms in total. The van der Waals surface area contributed by atoms with Crippen molar-refractivity contribution in [2.45, 2.75) is 41.0 Å². The molecule has 0 aliphatic carbocycles. The van der Waals surface area contributed by atoms with Crippen LogP contribution in [0.1, 0.15) is 41.0 Å². The van der Waals surface area contributed by atoms with E-state index in [1.165, 1.54) is 12.0 Å². The van der Waals surface area contributed by atoms with Gasteiger partial charge in [0.15, 0.2) is 0 Å². The maximum absolute atomic E-state index is 3.99. The van der Waals surface area contributed by atoms with Gasteiger partial charge in [-0.05, 0) is 24.7 Å². The lowest BCUT2D eigenvalue weighted by atomic mass is 9.76. The number of allylic oxidation sites excluding steroid dienone is 1. The minimum Gasteiger partial charge on any atom is -0.0998 e. The number of rotatable bonds is 2. The molecule has 0 saturated carbocycles. The van der Waals surface area contributed by atoms with Crippen LogP contribution in [0.5, 0.6) is 0 Å². The standard InChI is InChI=1S/C10H20/c1-7-9(8(2)3)10(4,5)6/h9H,2,7H2,1,3-6H3.